The Morgan fingerprint density at radius 3 is 2.50 bits per heavy atom. The zero-order valence-electron chi connectivity index (χ0n) is 7.99. The zero-order chi connectivity index (χ0) is 10.9. The summed E-state index contributed by atoms with van der Waals surface area (Å²) >= 11 is 0. The maximum Gasteiger partial charge on any atom is 0.264 e. The van der Waals surface area contributed by atoms with Gasteiger partial charge in [0.2, 0.25) is 0 Å². The third kappa shape index (κ3) is 1.99. The lowest BCUT2D eigenvalue weighted by Gasteiger charge is -1.99. The van der Waals surface area contributed by atoms with Crippen molar-refractivity contribution in [2.75, 3.05) is 0 Å². The molecule has 0 aliphatic rings. The van der Waals surface area contributed by atoms with E-state index < -0.39 is 9.05 Å². The summed E-state index contributed by atoms with van der Waals surface area (Å²) in [6, 6.07) is 0. The smallest absolute Gasteiger partial charge is 0.264 e. The van der Waals surface area contributed by atoms with E-state index in [1.165, 1.54) is 0 Å². The Morgan fingerprint density at radius 2 is 2.14 bits per heavy atom. The van der Waals surface area contributed by atoms with Crippen LogP contribution in [0.1, 0.15) is 11.4 Å². The van der Waals surface area contributed by atoms with Crippen molar-refractivity contribution in [3.05, 3.63) is 24.0 Å². The topological polar surface area (TPSA) is 52.0 Å². The van der Waals surface area contributed by atoms with Crippen molar-refractivity contribution in [1.82, 2.24) is 9.78 Å². The van der Waals surface area contributed by atoms with Crippen LogP contribution in [0.15, 0.2) is 17.6 Å². The van der Waals surface area contributed by atoms with Gasteiger partial charge in [0.25, 0.3) is 9.05 Å². The van der Waals surface area contributed by atoms with E-state index in [9.17, 15) is 8.42 Å². The highest BCUT2D eigenvalue weighted by atomic mass is 35.7. The molecule has 0 aliphatic heterocycles. The van der Waals surface area contributed by atoms with Gasteiger partial charge in [-0.15, -0.1) is 6.58 Å². The fourth-order valence-electron chi connectivity index (χ4n) is 1.33. The summed E-state index contributed by atoms with van der Waals surface area (Å²) in [7, 11) is 1.57. The van der Waals surface area contributed by atoms with Gasteiger partial charge < -0.3 is 0 Å². The molecule has 4 nitrogen and oxygen atoms in total. The first kappa shape index (κ1) is 11.3. The highest BCUT2D eigenvalue weighted by molar-refractivity contribution is 8.13. The molecule has 78 valence electrons. The second-order valence-corrected chi connectivity index (χ2v) is 5.41. The molecule has 0 atom stereocenters. The van der Waals surface area contributed by atoms with Gasteiger partial charge in [0.1, 0.15) is 4.90 Å². The molecule has 1 rings (SSSR count). The van der Waals surface area contributed by atoms with Crippen LogP contribution in [0.5, 0.6) is 0 Å². The van der Waals surface area contributed by atoms with Gasteiger partial charge >= 0.3 is 0 Å². The summed E-state index contributed by atoms with van der Waals surface area (Å²) < 4.78 is 23.9. The summed E-state index contributed by atoms with van der Waals surface area (Å²) in [4.78, 5) is 0.0982. The van der Waals surface area contributed by atoms with Gasteiger partial charge in [0.15, 0.2) is 0 Å². The molecule has 0 saturated heterocycles. The minimum atomic E-state index is -3.71. The van der Waals surface area contributed by atoms with Crippen LogP contribution in [-0.4, -0.2) is 18.2 Å². The molecule has 0 spiro atoms. The van der Waals surface area contributed by atoms with Crippen molar-refractivity contribution in [1.29, 1.82) is 0 Å². The van der Waals surface area contributed by atoms with Gasteiger partial charge in [-0.2, -0.15) is 5.10 Å². The first-order chi connectivity index (χ1) is 6.38. The molecular weight excluding hydrogens is 224 g/mol. The van der Waals surface area contributed by atoms with Crippen LogP contribution < -0.4 is 0 Å². The molecule has 1 heterocycles. The molecule has 0 amide bonds. The van der Waals surface area contributed by atoms with Crippen LogP contribution in [0.3, 0.4) is 0 Å². The predicted octanol–water partition coefficient (Wildman–Crippen LogP) is 1.61. The minimum absolute atomic E-state index is 0.0982. The Balaban J connectivity index is 3.39. The van der Waals surface area contributed by atoms with Gasteiger partial charge in [0.05, 0.1) is 17.9 Å². The lowest BCUT2D eigenvalue weighted by atomic mass is 10.4. The van der Waals surface area contributed by atoms with Crippen molar-refractivity contribution in [3.63, 3.8) is 0 Å². The maximum atomic E-state index is 11.2. The van der Waals surface area contributed by atoms with Crippen LogP contribution in [0, 0.1) is 13.8 Å². The first-order valence-electron chi connectivity index (χ1n) is 3.97. The third-order valence-electron chi connectivity index (χ3n) is 1.86. The second-order valence-electron chi connectivity index (χ2n) is 2.91. The average molecular weight is 235 g/mol. The van der Waals surface area contributed by atoms with E-state index in [0.717, 1.165) is 0 Å². The van der Waals surface area contributed by atoms with Crippen LogP contribution >= 0.6 is 10.7 Å². The highest BCUT2D eigenvalue weighted by Gasteiger charge is 2.21. The Kier molecular flexibility index (Phi) is 3.01. The van der Waals surface area contributed by atoms with E-state index in [-0.39, 0.29) is 4.90 Å². The lowest BCUT2D eigenvalue weighted by molar-refractivity contribution is 0.607. The molecule has 0 aromatic carbocycles. The van der Waals surface area contributed by atoms with Gasteiger partial charge in [-0.05, 0) is 13.8 Å². The zero-order valence-corrected chi connectivity index (χ0v) is 9.56. The number of allylic oxidation sites excluding steroid dienone is 1. The predicted molar refractivity (Wildman–Crippen MR) is 54.9 cm³/mol. The third-order valence-corrected chi connectivity index (χ3v) is 3.40. The highest BCUT2D eigenvalue weighted by Crippen LogP contribution is 2.22. The van der Waals surface area contributed by atoms with Gasteiger partial charge in [-0.1, -0.05) is 6.08 Å². The molecule has 0 fully saturated rings. The lowest BCUT2D eigenvalue weighted by Crippen LogP contribution is -2.01. The largest absolute Gasteiger partial charge is 0.264 e. The summed E-state index contributed by atoms with van der Waals surface area (Å²) in [5.74, 6) is 0. The Hall–Kier alpha value is -0.810. The van der Waals surface area contributed by atoms with E-state index in [1.807, 2.05) is 0 Å². The number of hydrogen-bond donors (Lipinski definition) is 0. The van der Waals surface area contributed by atoms with E-state index in [1.54, 1.807) is 24.6 Å². The normalized spacial score (nSPS) is 11.6. The van der Waals surface area contributed by atoms with Gasteiger partial charge in [-0.3, -0.25) is 4.68 Å². The monoisotopic (exact) mass is 234 g/mol. The molecule has 0 N–H and O–H groups in total. The van der Waals surface area contributed by atoms with Gasteiger partial charge in [0, 0.05) is 10.7 Å². The molecule has 0 unspecified atom stereocenters. The Bertz CT molecular complexity index is 462. The maximum absolute atomic E-state index is 11.2. The standard InChI is InChI=1S/C8H11ClN2O2S/c1-4-5-11-7(3)8(6(2)10-11)14(9,12)13/h4H,1,5H2,2-3H3. The van der Waals surface area contributed by atoms with Crippen molar-refractivity contribution in [2.24, 2.45) is 0 Å². The quantitative estimate of drug-likeness (QED) is 0.590. The molecule has 1 aromatic heterocycles. The fraction of sp³-hybridized carbons (Fsp3) is 0.375. The van der Waals surface area contributed by atoms with Crippen LogP contribution in [0.2, 0.25) is 0 Å². The number of halogens is 1. The van der Waals surface area contributed by atoms with Crippen LogP contribution in [-0.2, 0) is 15.6 Å². The number of rotatable bonds is 3. The van der Waals surface area contributed by atoms with Crippen molar-refractivity contribution < 1.29 is 8.42 Å². The van der Waals surface area contributed by atoms with Crippen molar-refractivity contribution >= 4 is 19.7 Å². The molecular formula is C8H11ClN2O2S. The summed E-state index contributed by atoms with van der Waals surface area (Å²) in [6.45, 7) is 7.30. The summed E-state index contributed by atoms with van der Waals surface area (Å²) in [5, 5.41) is 4.05. The molecule has 0 radical (unpaired) electrons. The molecule has 14 heavy (non-hydrogen) atoms. The number of aromatic nitrogens is 2. The minimum Gasteiger partial charge on any atom is -0.264 e. The Morgan fingerprint density at radius 1 is 1.57 bits per heavy atom. The number of hydrogen-bond acceptors (Lipinski definition) is 3. The number of aryl methyl sites for hydroxylation is 1. The molecule has 0 aliphatic carbocycles. The van der Waals surface area contributed by atoms with E-state index in [4.69, 9.17) is 10.7 Å². The molecule has 6 heteroatoms. The van der Waals surface area contributed by atoms with Crippen LogP contribution in [0.4, 0.5) is 0 Å². The van der Waals surface area contributed by atoms with Crippen molar-refractivity contribution in [2.45, 2.75) is 25.3 Å². The average Bonchev–Trinajstić information content (AvgIpc) is 2.26. The number of nitrogens with zero attached hydrogens (tertiary/aromatic N) is 2. The van der Waals surface area contributed by atoms with E-state index >= 15 is 0 Å². The van der Waals surface area contributed by atoms with Crippen LogP contribution in [0.25, 0.3) is 0 Å². The van der Waals surface area contributed by atoms with E-state index in [0.29, 0.717) is 17.9 Å². The Labute approximate surface area is 87.6 Å². The summed E-state index contributed by atoms with van der Waals surface area (Å²) in [5.41, 5.74) is 0.955. The van der Waals surface area contributed by atoms with E-state index in [2.05, 4.69) is 11.7 Å². The molecule has 1 aromatic rings. The fourth-order valence-corrected chi connectivity index (χ4v) is 2.86. The first-order valence-corrected chi connectivity index (χ1v) is 6.28. The van der Waals surface area contributed by atoms with Crippen molar-refractivity contribution in [3.8, 4) is 0 Å². The summed E-state index contributed by atoms with van der Waals surface area (Å²) in [6.07, 6.45) is 1.64. The van der Waals surface area contributed by atoms with Gasteiger partial charge in [-0.25, -0.2) is 8.42 Å². The second kappa shape index (κ2) is 3.74. The molecule has 0 saturated carbocycles. The molecule has 0 bridgehead atoms. The SMILES string of the molecule is C=CCn1nc(C)c(S(=O)(=O)Cl)c1C.